The first-order chi connectivity index (χ1) is 13.0. The summed E-state index contributed by atoms with van der Waals surface area (Å²) in [5, 5.41) is 2.43. The topological polar surface area (TPSA) is 35.6 Å². The molecule has 0 aliphatic carbocycles. The molecule has 3 rings (SSSR count). The van der Waals surface area contributed by atoms with E-state index in [2.05, 4.69) is 10.2 Å². The standard InChI is InChI=1S/C20H22F3N3O/c21-16-4-2-15(3-5-16)13-25-8-1-9-26(11-10-25)14-20(27)24-19-12-17(22)6-7-18(19)23/h2-7,12H,1,8-11,13-14H2,(H,24,27). The maximum Gasteiger partial charge on any atom is 0.238 e. The predicted octanol–water partition coefficient (Wildman–Crippen LogP) is 3.25. The van der Waals surface area contributed by atoms with Crippen LogP contribution >= 0.6 is 0 Å². The number of hydrogen-bond donors (Lipinski definition) is 1. The molecule has 0 radical (unpaired) electrons. The molecule has 0 bridgehead atoms. The largest absolute Gasteiger partial charge is 0.322 e. The monoisotopic (exact) mass is 377 g/mol. The van der Waals surface area contributed by atoms with Gasteiger partial charge in [-0.1, -0.05) is 12.1 Å². The summed E-state index contributed by atoms with van der Waals surface area (Å²) in [5.41, 5.74) is 0.900. The number of anilines is 1. The summed E-state index contributed by atoms with van der Waals surface area (Å²) in [6.07, 6.45) is 0.892. The molecule has 1 aliphatic rings. The molecular weight excluding hydrogens is 355 g/mol. The quantitative estimate of drug-likeness (QED) is 0.869. The lowest BCUT2D eigenvalue weighted by molar-refractivity contribution is -0.117. The van der Waals surface area contributed by atoms with E-state index in [0.29, 0.717) is 6.54 Å². The van der Waals surface area contributed by atoms with Crippen molar-refractivity contribution in [1.29, 1.82) is 0 Å². The molecule has 0 spiro atoms. The molecule has 2 aromatic rings. The summed E-state index contributed by atoms with van der Waals surface area (Å²) < 4.78 is 39.8. The minimum atomic E-state index is -0.661. The fourth-order valence-electron chi connectivity index (χ4n) is 3.17. The van der Waals surface area contributed by atoms with Gasteiger partial charge >= 0.3 is 0 Å². The second kappa shape index (κ2) is 9.01. The number of amides is 1. The van der Waals surface area contributed by atoms with E-state index in [9.17, 15) is 18.0 Å². The third-order valence-electron chi connectivity index (χ3n) is 4.57. The number of nitrogens with zero attached hydrogens (tertiary/aromatic N) is 2. The second-order valence-electron chi connectivity index (χ2n) is 6.70. The highest BCUT2D eigenvalue weighted by Crippen LogP contribution is 2.15. The van der Waals surface area contributed by atoms with E-state index in [0.717, 1.165) is 56.4 Å². The average Bonchev–Trinajstić information content (AvgIpc) is 2.85. The van der Waals surface area contributed by atoms with Crippen LogP contribution in [0.5, 0.6) is 0 Å². The van der Waals surface area contributed by atoms with Gasteiger partial charge in [-0.3, -0.25) is 14.6 Å². The van der Waals surface area contributed by atoms with Crippen LogP contribution in [0.15, 0.2) is 42.5 Å². The molecule has 0 aromatic heterocycles. The molecule has 27 heavy (non-hydrogen) atoms. The van der Waals surface area contributed by atoms with Crippen molar-refractivity contribution in [3.05, 3.63) is 65.5 Å². The SMILES string of the molecule is O=C(CN1CCCN(Cc2ccc(F)cc2)CC1)Nc1cc(F)ccc1F. The van der Waals surface area contributed by atoms with Crippen molar-refractivity contribution in [3.63, 3.8) is 0 Å². The van der Waals surface area contributed by atoms with Crippen LogP contribution in [0.3, 0.4) is 0 Å². The van der Waals surface area contributed by atoms with E-state index in [1.165, 1.54) is 12.1 Å². The molecule has 1 aliphatic heterocycles. The number of halogens is 3. The van der Waals surface area contributed by atoms with E-state index in [1.807, 2.05) is 4.90 Å². The smallest absolute Gasteiger partial charge is 0.238 e. The van der Waals surface area contributed by atoms with Gasteiger partial charge in [0.2, 0.25) is 5.91 Å². The molecule has 7 heteroatoms. The lowest BCUT2D eigenvalue weighted by Gasteiger charge is -2.21. The highest BCUT2D eigenvalue weighted by atomic mass is 19.1. The Morgan fingerprint density at radius 3 is 2.33 bits per heavy atom. The number of nitrogens with one attached hydrogen (secondary N) is 1. The van der Waals surface area contributed by atoms with Crippen LogP contribution in [0, 0.1) is 17.5 Å². The Morgan fingerprint density at radius 2 is 1.56 bits per heavy atom. The summed E-state index contributed by atoms with van der Waals surface area (Å²) in [6.45, 7) is 3.96. The zero-order chi connectivity index (χ0) is 19.2. The summed E-state index contributed by atoms with van der Waals surface area (Å²) >= 11 is 0. The van der Waals surface area contributed by atoms with Crippen LogP contribution in [0.1, 0.15) is 12.0 Å². The molecule has 1 heterocycles. The zero-order valence-electron chi connectivity index (χ0n) is 14.9. The lowest BCUT2D eigenvalue weighted by Crippen LogP contribution is -2.36. The molecule has 4 nitrogen and oxygen atoms in total. The normalized spacial score (nSPS) is 16.1. The fraction of sp³-hybridized carbons (Fsp3) is 0.350. The van der Waals surface area contributed by atoms with Gasteiger partial charge in [0.05, 0.1) is 12.2 Å². The second-order valence-corrected chi connectivity index (χ2v) is 6.70. The van der Waals surface area contributed by atoms with Crippen LogP contribution in [-0.4, -0.2) is 48.4 Å². The van der Waals surface area contributed by atoms with Crippen molar-refractivity contribution >= 4 is 11.6 Å². The Kier molecular flexibility index (Phi) is 6.47. The van der Waals surface area contributed by atoms with Gasteiger partial charge in [0.1, 0.15) is 17.5 Å². The van der Waals surface area contributed by atoms with E-state index in [4.69, 9.17) is 0 Å². The summed E-state index contributed by atoms with van der Waals surface area (Å²) in [5.74, 6) is -1.88. The summed E-state index contributed by atoms with van der Waals surface area (Å²) in [4.78, 5) is 16.4. The van der Waals surface area contributed by atoms with Crippen molar-refractivity contribution in [3.8, 4) is 0 Å². The Morgan fingerprint density at radius 1 is 0.889 bits per heavy atom. The van der Waals surface area contributed by atoms with Crippen LogP contribution < -0.4 is 5.32 Å². The third kappa shape index (κ3) is 5.80. The van der Waals surface area contributed by atoms with E-state index >= 15 is 0 Å². The molecule has 1 amide bonds. The fourth-order valence-corrected chi connectivity index (χ4v) is 3.17. The maximum atomic E-state index is 13.6. The Hall–Kier alpha value is -2.38. The Bertz CT molecular complexity index is 783. The van der Waals surface area contributed by atoms with Crippen LogP contribution in [-0.2, 0) is 11.3 Å². The van der Waals surface area contributed by atoms with Gasteiger partial charge in [0.15, 0.2) is 0 Å². The highest BCUT2D eigenvalue weighted by molar-refractivity contribution is 5.92. The number of carbonyl (C=O) groups is 1. The molecule has 144 valence electrons. The molecule has 0 saturated carbocycles. The summed E-state index contributed by atoms with van der Waals surface area (Å²) in [7, 11) is 0. The lowest BCUT2D eigenvalue weighted by atomic mass is 10.2. The van der Waals surface area contributed by atoms with Gasteiger partial charge in [0, 0.05) is 25.7 Å². The van der Waals surface area contributed by atoms with Crippen LogP contribution in [0.4, 0.5) is 18.9 Å². The maximum absolute atomic E-state index is 13.6. The van der Waals surface area contributed by atoms with E-state index < -0.39 is 11.6 Å². The van der Waals surface area contributed by atoms with E-state index in [1.54, 1.807) is 12.1 Å². The average molecular weight is 377 g/mol. The van der Waals surface area contributed by atoms with Gasteiger partial charge in [-0.15, -0.1) is 0 Å². The molecular formula is C20H22F3N3O. The number of benzene rings is 2. The van der Waals surface area contributed by atoms with Gasteiger partial charge in [-0.2, -0.15) is 0 Å². The molecule has 2 aromatic carbocycles. The van der Waals surface area contributed by atoms with Crippen molar-refractivity contribution < 1.29 is 18.0 Å². The van der Waals surface area contributed by atoms with Crippen molar-refractivity contribution in [2.24, 2.45) is 0 Å². The van der Waals surface area contributed by atoms with Crippen molar-refractivity contribution in [1.82, 2.24) is 9.80 Å². The number of rotatable bonds is 5. The zero-order valence-corrected chi connectivity index (χ0v) is 14.9. The Balaban J connectivity index is 1.49. The van der Waals surface area contributed by atoms with Crippen LogP contribution in [0.2, 0.25) is 0 Å². The van der Waals surface area contributed by atoms with Crippen molar-refractivity contribution in [2.75, 3.05) is 38.0 Å². The predicted molar refractivity (Wildman–Crippen MR) is 97.7 cm³/mol. The molecule has 0 atom stereocenters. The summed E-state index contributed by atoms with van der Waals surface area (Å²) in [6, 6.07) is 9.43. The first-order valence-corrected chi connectivity index (χ1v) is 8.93. The van der Waals surface area contributed by atoms with Crippen LogP contribution in [0.25, 0.3) is 0 Å². The Labute approximate surface area is 156 Å². The highest BCUT2D eigenvalue weighted by Gasteiger charge is 2.18. The first-order valence-electron chi connectivity index (χ1n) is 8.93. The molecule has 1 saturated heterocycles. The first kappa shape index (κ1) is 19.4. The molecule has 1 fully saturated rings. The van der Waals surface area contributed by atoms with Gasteiger partial charge in [-0.05, 0) is 49.3 Å². The molecule has 1 N–H and O–H groups in total. The van der Waals surface area contributed by atoms with Gasteiger partial charge in [-0.25, -0.2) is 13.2 Å². The van der Waals surface area contributed by atoms with Gasteiger partial charge in [0.25, 0.3) is 0 Å². The number of hydrogen-bond acceptors (Lipinski definition) is 3. The van der Waals surface area contributed by atoms with Gasteiger partial charge < -0.3 is 5.32 Å². The number of carbonyl (C=O) groups excluding carboxylic acids is 1. The molecule has 0 unspecified atom stereocenters. The van der Waals surface area contributed by atoms with Crippen molar-refractivity contribution in [2.45, 2.75) is 13.0 Å². The minimum Gasteiger partial charge on any atom is -0.322 e. The minimum absolute atomic E-state index is 0.125. The third-order valence-corrected chi connectivity index (χ3v) is 4.57. The van der Waals surface area contributed by atoms with E-state index in [-0.39, 0.29) is 24.0 Å².